The zero-order chi connectivity index (χ0) is 21.4. The largest absolute Gasteiger partial charge is 0.357 e. The molecule has 2 heterocycles. The number of nitrogens with zero attached hydrogens (tertiary/aromatic N) is 2. The Hall–Kier alpha value is -2.16. The molecule has 0 unspecified atom stereocenters. The molecule has 2 N–H and O–H groups in total. The van der Waals surface area contributed by atoms with Crippen LogP contribution in [0.5, 0.6) is 0 Å². The lowest BCUT2D eigenvalue weighted by atomic mass is 10.1. The van der Waals surface area contributed by atoms with Crippen molar-refractivity contribution in [3.63, 3.8) is 0 Å². The summed E-state index contributed by atoms with van der Waals surface area (Å²) in [6, 6.07) is 8.33. The highest BCUT2D eigenvalue weighted by Crippen LogP contribution is 2.35. The molecule has 0 spiro atoms. The molecule has 0 radical (unpaired) electrons. The fourth-order valence-electron chi connectivity index (χ4n) is 2.69. The summed E-state index contributed by atoms with van der Waals surface area (Å²) in [5.74, 6) is 0. The molecule has 0 amide bonds. The molecule has 3 rings (SSSR count). The predicted molar refractivity (Wildman–Crippen MR) is 120 cm³/mol. The molecule has 0 bridgehead atoms. The number of thiazole rings is 1. The van der Waals surface area contributed by atoms with Gasteiger partial charge in [-0.15, -0.1) is 0 Å². The average molecular weight is 451 g/mol. The highest BCUT2D eigenvalue weighted by Gasteiger charge is 2.22. The van der Waals surface area contributed by atoms with E-state index in [0.717, 1.165) is 15.7 Å². The summed E-state index contributed by atoms with van der Waals surface area (Å²) >= 11 is 7.58. The van der Waals surface area contributed by atoms with E-state index in [1.165, 1.54) is 11.3 Å². The van der Waals surface area contributed by atoms with Crippen LogP contribution in [0, 0.1) is 13.8 Å². The Morgan fingerprint density at radius 3 is 2.45 bits per heavy atom. The first-order chi connectivity index (χ1) is 13.5. The first-order valence-corrected chi connectivity index (χ1v) is 11.6. The second-order valence-electron chi connectivity index (χ2n) is 7.70. The number of aromatic nitrogens is 2. The van der Waals surface area contributed by atoms with Gasteiger partial charge in [-0.3, -0.25) is 9.71 Å². The molecule has 3 aromatic rings. The van der Waals surface area contributed by atoms with Crippen LogP contribution in [0.3, 0.4) is 0 Å². The van der Waals surface area contributed by atoms with Gasteiger partial charge in [0.2, 0.25) is 0 Å². The first-order valence-electron chi connectivity index (χ1n) is 8.96. The molecular weight excluding hydrogens is 428 g/mol. The Labute approximate surface area is 180 Å². The van der Waals surface area contributed by atoms with Crippen molar-refractivity contribution in [2.24, 2.45) is 0 Å². The Balaban J connectivity index is 2.00. The van der Waals surface area contributed by atoms with Crippen LogP contribution >= 0.6 is 22.9 Å². The lowest BCUT2D eigenvalue weighted by Gasteiger charge is -2.19. The molecular formula is C20H23ClN4O2S2. The fourth-order valence-corrected chi connectivity index (χ4v) is 5.39. The molecule has 1 aromatic carbocycles. The minimum absolute atomic E-state index is 0.105. The van der Waals surface area contributed by atoms with Crippen molar-refractivity contribution in [1.82, 2.24) is 9.97 Å². The second kappa shape index (κ2) is 7.93. The lowest BCUT2D eigenvalue weighted by molar-refractivity contribution is 0.600. The molecule has 0 aliphatic rings. The maximum absolute atomic E-state index is 13.0. The fraction of sp³-hybridized carbons (Fsp3) is 0.300. The molecule has 0 aliphatic heterocycles. The van der Waals surface area contributed by atoms with E-state index in [2.05, 4.69) is 40.8 Å². The summed E-state index contributed by atoms with van der Waals surface area (Å²) in [6.07, 6.45) is 1.67. The van der Waals surface area contributed by atoms with Crippen LogP contribution in [-0.4, -0.2) is 23.9 Å². The number of sulfonamides is 1. The molecule has 154 valence electrons. The minimum Gasteiger partial charge on any atom is -0.357 e. The number of benzene rings is 1. The maximum atomic E-state index is 13.0. The van der Waals surface area contributed by atoms with Crippen molar-refractivity contribution in [3.8, 4) is 10.4 Å². The lowest BCUT2D eigenvalue weighted by Crippen LogP contribution is -2.25. The topological polar surface area (TPSA) is 84.0 Å². The molecule has 6 nitrogen and oxygen atoms in total. The molecule has 0 aliphatic carbocycles. The van der Waals surface area contributed by atoms with Gasteiger partial charge in [-0.05, 0) is 52.8 Å². The smallest absolute Gasteiger partial charge is 0.263 e. The van der Waals surface area contributed by atoms with Gasteiger partial charge < -0.3 is 5.32 Å². The van der Waals surface area contributed by atoms with Crippen LogP contribution in [0.4, 0.5) is 10.8 Å². The van der Waals surface area contributed by atoms with E-state index in [-0.39, 0.29) is 10.4 Å². The van der Waals surface area contributed by atoms with Gasteiger partial charge in [-0.25, -0.2) is 13.4 Å². The molecule has 9 heteroatoms. The van der Waals surface area contributed by atoms with Crippen LogP contribution < -0.4 is 10.0 Å². The van der Waals surface area contributed by atoms with Crippen molar-refractivity contribution in [1.29, 1.82) is 0 Å². The van der Waals surface area contributed by atoms with Gasteiger partial charge in [0.1, 0.15) is 4.90 Å². The molecule has 0 saturated heterocycles. The summed E-state index contributed by atoms with van der Waals surface area (Å²) in [4.78, 5) is 9.86. The van der Waals surface area contributed by atoms with Crippen LogP contribution in [0.1, 0.15) is 32.2 Å². The van der Waals surface area contributed by atoms with Crippen molar-refractivity contribution >= 4 is 43.8 Å². The number of anilines is 2. The van der Waals surface area contributed by atoms with E-state index in [1.807, 2.05) is 6.92 Å². The predicted octanol–water partition coefficient (Wildman–Crippen LogP) is 5.49. The maximum Gasteiger partial charge on any atom is 0.263 e. The quantitative estimate of drug-likeness (QED) is 0.537. The summed E-state index contributed by atoms with van der Waals surface area (Å²) in [5.41, 5.74) is 2.12. The zero-order valence-electron chi connectivity index (χ0n) is 16.9. The van der Waals surface area contributed by atoms with Crippen LogP contribution in [0.25, 0.3) is 10.4 Å². The standard InChI is InChI=1S/C20H23ClN4O2S2/c1-12-17(29(26,27)25-16-9-7-6-8-15(16)21)10-14(11-22-12)18-13(2)23-19(28-18)24-20(3,4)5/h6-11,25H,1-5H3,(H,23,24). The number of hydrogen-bond donors (Lipinski definition) is 2. The number of pyridine rings is 1. The minimum atomic E-state index is -3.86. The van der Waals surface area contributed by atoms with E-state index in [9.17, 15) is 8.42 Å². The summed E-state index contributed by atoms with van der Waals surface area (Å²) < 4.78 is 28.6. The van der Waals surface area contributed by atoms with Crippen molar-refractivity contribution in [2.75, 3.05) is 10.0 Å². The third-order valence-electron chi connectivity index (χ3n) is 3.99. The third kappa shape index (κ3) is 5.07. The van der Waals surface area contributed by atoms with E-state index < -0.39 is 10.0 Å². The monoisotopic (exact) mass is 450 g/mol. The van der Waals surface area contributed by atoms with E-state index in [0.29, 0.717) is 22.0 Å². The summed E-state index contributed by atoms with van der Waals surface area (Å²) in [6.45, 7) is 9.73. The summed E-state index contributed by atoms with van der Waals surface area (Å²) in [7, 11) is -3.86. The number of halogens is 1. The van der Waals surface area contributed by atoms with Gasteiger partial charge in [-0.2, -0.15) is 0 Å². The molecule has 0 saturated carbocycles. The Morgan fingerprint density at radius 1 is 1.10 bits per heavy atom. The van der Waals surface area contributed by atoms with Crippen LogP contribution in [-0.2, 0) is 10.0 Å². The van der Waals surface area contributed by atoms with E-state index in [1.54, 1.807) is 43.5 Å². The van der Waals surface area contributed by atoms with Crippen molar-refractivity contribution in [2.45, 2.75) is 45.1 Å². The number of hydrogen-bond acceptors (Lipinski definition) is 6. The van der Waals surface area contributed by atoms with Gasteiger partial charge in [0.15, 0.2) is 5.13 Å². The Kier molecular flexibility index (Phi) is 5.89. The Bertz CT molecular complexity index is 1150. The summed E-state index contributed by atoms with van der Waals surface area (Å²) in [5, 5.41) is 4.46. The molecule has 29 heavy (non-hydrogen) atoms. The van der Waals surface area contributed by atoms with E-state index in [4.69, 9.17) is 11.6 Å². The van der Waals surface area contributed by atoms with Gasteiger partial charge in [0, 0.05) is 17.3 Å². The first kappa shape index (κ1) is 21.5. The number of nitrogens with one attached hydrogen (secondary N) is 2. The number of rotatable bonds is 5. The number of aryl methyl sites for hydroxylation is 2. The van der Waals surface area contributed by atoms with Crippen LogP contribution in [0.2, 0.25) is 5.02 Å². The third-order valence-corrected chi connectivity index (χ3v) is 6.92. The van der Waals surface area contributed by atoms with Crippen molar-refractivity contribution < 1.29 is 8.42 Å². The zero-order valence-corrected chi connectivity index (χ0v) is 19.3. The van der Waals surface area contributed by atoms with E-state index >= 15 is 0 Å². The normalized spacial score (nSPS) is 12.1. The molecule has 0 atom stereocenters. The highest BCUT2D eigenvalue weighted by atomic mass is 35.5. The van der Waals surface area contributed by atoms with Crippen molar-refractivity contribution in [3.05, 3.63) is 52.9 Å². The SMILES string of the molecule is Cc1ncc(-c2sc(NC(C)(C)C)nc2C)cc1S(=O)(=O)Nc1ccccc1Cl. The van der Waals surface area contributed by atoms with Gasteiger partial charge in [0.25, 0.3) is 10.0 Å². The van der Waals surface area contributed by atoms with Gasteiger partial charge >= 0.3 is 0 Å². The Morgan fingerprint density at radius 2 is 1.79 bits per heavy atom. The highest BCUT2D eigenvalue weighted by molar-refractivity contribution is 7.92. The van der Waals surface area contributed by atoms with Gasteiger partial charge in [-0.1, -0.05) is 35.1 Å². The molecule has 0 fully saturated rings. The number of para-hydroxylation sites is 1. The average Bonchev–Trinajstić information content (AvgIpc) is 2.95. The van der Waals surface area contributed by atoms with Gasteiger partial charge in [0.05, 0.1) is 27.0 Å². The second-order valence-corrected chi connectivity index (χ2v) is 10.8. The van der Waals surface area contributed by atoms with Crippen LogP contribution in [0.15, 0.2) is 41.4 Å². The molecule has 2 aromatic heterocycles.